The number of unbranched alkanes of at least 4 members (excludes halogenated alkanes) is 1. The summed E-state index contributed by atoms with van der Waals surface area (Å²) in [6.45, 7) is -2.20. The Bertz CT molecular complexity index is 2690. The summed E-state index contributed by atoms with van der Waals surface area (Å²) in [5.74, 6) is -5.86. The van der Waals surface area contributed by atoms with Crippen LogP contribution in [0.5, 0.6) is 0 Å². The number of aromatic nitrogens is 4. The fourth-order valence-electron chi connectivity index (χ4n) is 8.30. The minimum absolute atomic E-state index is 0.0619. The number of fused-ring (bicyclic) bond motifs is 2. The number of nitrogen functional groups attached to an aromatic ring is 1. The van der Waals surface area contributed by atoms with Crippen molar-refractivity contribution in [2.75, 3.05) is 44.2 Å². The van der Waals surface area contributed by atoms with E-state index < -0.39 is 86.0 Å². The largest absolute Gasteiger partial charge is 0.481 e. The van der Waals surface area contributed by atoms with Gasteiger partial charge < -0.3 is 62.6 Å². The SMILES string of the molecule is Nc1ncnc2c1ncn2CC(=O)N(CCNC(=O)[C@@H](CCC(=O)O)NC(=O)[C@H](Cc1ccc(C(=O)c2ccccc2)cc1)NC(=O)CCCNC(=O)CCCC[C@@H]1SC[C@@H]2NC(=O)N[C@@H]21)CC(=O)NCC(=O)O. The average molecular weight is 1040 g/mol. The summed E-state index contributed by atoms with van der Waals surface area (Å²) in [5.41, 5.74) is 7.68. The highest BCUT2D eigenvalue weighted by Gasteiger charge is 2.42. The van der Waals surface area contributed by atoms with E-state index in [0.717, 1.165) is 23.5 Å². The molecule has 2 aromatic carbocycles. The second kappa shape index (κ2) is 27.0. The van der Waals surface area contributed by atoms with Gasteiger partial charge in [0.15, 0.2) is 17.2 Å². The van der Waals surface area contributed by atoms with Crippen molar-refractivity contribution in [3.8, 4) is 0 Å². The van der Waals surface area contributed by atoms with Crippen LogP contribution in [-0.4, -0.2) is 162 Å². The summed E-state index contributed by atoms with van der Waals surface area (Å²) in [6.07, 6.45) is 4.13. The van der Waals surface area contributed by atoms with E-state index >= 15 is 0 Å². The number of carbonyl (C=O) groups excluding carboxylic acids is 8. The van der Waals surface area contributed by atoms with Gasteiger partial charge in [-0.3, -0.25) is 43.2 Å². The molecule has 6 rings (SSSR count). The molecule has 2 fully saturated rings. The number of ketones is 1. The van der Waals surface area contributed by atoms with Gasteiger partial charge in [-0.15, -0.1) is 0 Å². The lowest BCUT2D eigenvalue weighted by Crippen LogP contribution is -2.55. The normalized spacial score (nSPS) is 16.4. The lowest BCUT2D eigenvalue weighted by molar-refractivity contribution is -0.140. The summed E-state index contributed by atoms with van der Waals surface area (Å²) in [7, 11) is 0. The molecule has 8 amide bonds. The smallest absolute Gasteiger partial charge is 0.322 e. The topological polar surface area (TPSA) is 368 Å². The van der Waals surface area contributed by atoms with Crippen LogP contribution in [0.4, 0.5) is 10.6 Å². The van der Waals surface area contributed by atoms with Gasteiger partial charge in [0.1, 0.15) is 37.0 Å². The van der Waals surface area contributed by atoms with Crippen LogP contribution >= 0.6 is 11.8 Å². The second-order valence-electron chi connectivity index (χ2n) is 17.6. The first kappa shape index (κ1) is 55.2. The summed E-state index contributed by atoms with van der Waals surface area (Å²) in [6, 6.07) is 12.3. The molecule has 74 heavy (non-hydrogen) atoms. The number of amides is 8. The van der Waals surface area contributed by atoms with Crippen molar-refractivity contribution in [1.29, 1.82) is 0 Å². The molecular weight excluding hydrogens is 983 g/mol. The fourth-order valence-corrected chi connectivity index (χ4v) is 9.84. The Morgan fingerprint density at radius 2 is 1.51 bits per heavy atom. The van der Waals surface area contributed by atoms with Crippen molar-refractivity contribution in [3.05, 3.63) is 83.9 Å². The molecule has 394 valence electrons. The lowest BCUT2D eigenvalue weighted by atomic mass is 9.99. The van der Waals surface area contributed by atoms with Gasteiger partial charge in [-0.05, 0) is 31.2 Å². The Morgan fingerprint density at radius 3 is 2.26 bits per heavy atom. The number of nitrogens with one attached hydrogen (secondary N) is 7. The van der Waals surface area contributed by atoms with Crippen LogP contribution in [-0.2, 0) is 51.3 Å². The van der Waals surface area contributed by atoms with Gasteiger partial charge >= 0.3 is 18.0 Å². The number of anilines is 1. The first-order chi connectivity index (χ1) is 35.5. The monoisotopic (exact) mass is 1040 g/mol. The van der Waals surface area contributed by atoms with E-state index in [9.17, 15) is 53.1 Å². The van der Waals surface area contributed by atoms with Crippen molar-refractivity contribution >= 4 is 87.9 Å². The Labute approximate surface area is 428 Å². The van der Waals surface area contributed by atoms with E-state index in [-0.39, 0.29) is 97.4 Å². The van der Waals surface area contributed by atoms with Crippen molar-refractivity contribution in [1.82, 2.24) is 61.6 Å². The summed E-state index contributed by atoms with van der Waals surface area (Å²) in [5, 5.41) is 37.6. The van der Waals surface area contributed by atoms with E-state index in [1.807, 2.05) is 0 Å². The predicted molar refractivity (Wildman–Crippen MR) is 267 cm³/mol. The Morgan fingerprint density at radius 1 is 0.770 bits per heavy atom. The van der Waals surface area contributed by atoms with Crippen molar-refractivity contribution in [2.24, 2.45) is 0 Å². The third-order valence-corrected chi connectivity index (χ3v) is 13.7. The maximum Gasteiger partial charge on any atom is 0.322 e. The summed E-state index contributed by atoms with van der Waals surface area (Å²) < 4.78 is 1.35. The Hall–Kier alpha value is -8.16. The van der Waals surface area contributed by atoms with Crippen molar-refractivity contribution in [2.45, 2.75) is 93.7 Å². The first-order valence-electron chi connectivity index (χ1n) is 24.0. The average Bonchev–Trinajstić information content (AvgIpc) is 4.08. The summed E-state index contributed by atoms with van der Waals surface area (Å²) >= 11 is 1.80. The Kier molecular flexibility index (Phi) is 20.2. The predicted octanol–water partition coefficient (Wildman–Crippen LogP) is -0.516. The molecular formula is C48H59N13O12S. The lowest BCUT2D eigenvalue weighted by Gasteiger charge is -2.25. The van der Waals surface area contributed by atoms with Gasteiger partial charge in [0, 0.05) is 67.4 Å². The third kappa shape index (κ3) is 16.4. The second-order valence-corrected chi connectivity index (χ2v) is 18.9. The van der Waals surface area contributed by atoms with Gasteiger partial charge in [-0.25, -0.2) is 19.7 Å². The third-order valence-electron chi connectivity index (χ3n) is 12.1. The minimum Gasteiger partial charge on any atom is -0.481 e. The number of hydrogen-bond acceptors (Lipinski definition) is 15. The zero-order valence-electron chi connectivity index (χ0n) is 40.2. The van der Waals surface area contributed by atoms with E-state index in [2.05, 4.69) is 52.2 Å². The van der Waals surface area contributed by atoms with Crippen LogP contribution in [0.1, 0.15) is 72.9 Å². The van der Waals surface area contributed by atoms with Crippen molar-refractivity contribution in [3.63, 3.8) is 0 Å². The Balaban J connectivity index is 1.07. The van der Waals surface area contributed by atoms with Gasteiger partial charge in [0.2, 0.25) is 35.4 Å². The standard InChI is InChI=1S/C48H59N13O12S/c49-44-42-45(54-26-53-44)61(27-55-42)24-38(65)60(23-37(64)52-22-40(68)69)20-19-51-46(71)31(16-17-39(66)67)57-47(72)32(21-28-12-14-30(15-13-28)43(70)29-7-2-1-3-8-29)56-36(63)11-6-18-50-35(62)10-5-4-9-34-41-33(25-74-34)58-48(73)59-41/h1-3,7-8,12-15,26-27,31-34,41H,4-6,9-11,16-25H2,(H,50,62)(H,51,71)(H,52,64)(H,56,63)(H,57,72)(H,66,67)(H,68,69)(H2,49,53,54)(H2,58,59,73)/t31-,32+,33+,34+,41+/m1/s1. The molecule has 11 N–H and O–H groups in total. The zero-order valence-corrected chi connectivity index (χ0v) is 41.1. The highest BCUT2D eigenvalue weighted by atomic mass is 32.2. The number of hydrogen-bond donors (Lipinski definition) is 10. The van der Waals surface area contributed by atoms with Gasteiger partial charge in [-0.1, -0.05) is 61.0 Å². The van der Waals surface area contributed by atoms with Crippen LogP contribution in [0, 0.1) is 0 Å². The molecule has 2 saturated heterocycles. The van der Waals surface area contributed by atoms with Crippen LogP contribution in [0.3, 0.4) is 0 Å². The number of thioether (sulfide) groups is 1. The molecule has 0 saturated carbocycles. The van der Waals surface area contributed by atoms with Crippen molar-refractivity contribution < 1.29 is 58.2 Å². The molecule has 2 aliphatic rings. The maximum atomic E-state index is 14.1. The van der Waals surface area contributed by atoms with Crippen LogP contribution in [0.2, 0.25) is 0 Å². The number of carboxylic acid groups (broad SMARTS) is 2. The van der Waals surface area contributed by atoms with Crippen LogP contribution < -0.4 is 43.0 Å². The molecule has 2 aliphatic heterocycles. The number of aliphatic carboxylic acids is 2. The molecule has 4 aromatic rings. The number of nitrogens with two attached hydrogens (primary N) is 1. The molecule has 0 spiro atoms. The number of urea groups is 1. The molecule has 0 aliphatic carbocycles. The molecule has 25 nitrogen and oxygen atoms in total. The number of imidazole rings is 1. The van der Waals surface area contributed by atoms with Gasteiger partial charge in [0.25, 0.3) is 0 Å². The van der Waals surface area contributed by atoms with Crippen LogP contribution in [0.15, 0.2) is 67.3 Å². The molecule has 0 bridgehead atoms. The number of benzene rings is 2. The number of rotatable bonds is 29. The fraction of sp³-hybridized carbons (Fsp3) is 0.438. The van der Waals surface area contributed by atoms with E-state index in [1.54, 1.807) is 66.4 Å². The molecule has 4 heterocycles. The maximum absolute atomic E-state index is 14.1. The molecule has 26 heteroatoms. The number of nitrogens with zero attached hydrogens (tertiary/aromatic N) is 5. The minimum atomic E-state index is -1.47. The van der Waals surface area contributed by atoms with E-state index in [1.165, 1.54) is 17.2 Å². The molecule has 5 atom stereocenters. The van der Waals surface area contributed by atoms with Gasteiger partial charge in [0.05, 0.1) is 25.0 Å². The van der Waals surface area contributed by atoms with E-state index in [4.69, 9.17) is 10.8 Å². The summed E-state index contributed by atoms with van der Waals surface area (Å²) in [4.78, 5) is 141. The number of carbonyl (C=O) groups is 10. The first-order valence-corrected chi connectivity index (χ1v) is 25.0. The van der Waals surface area contributed by atoms with Crippen LogP contribution in [0.25, 0.3) is 11.2 Å². The highest BCUT2D eigenvalue weighted by molar-refractivity contribution is 8.00. The molecule has 2 aromatic heterocycles. The quantitative estimate of drug-likeness (QED) is 0.0186. The number of carboxylic acids is 2. The highest BCUT2D eigenvalue weighted by Crippen LogP contribution is 2.33. The molecule has 0 radical (unpaired) electrons. The zero-order chi connectivity index (χ0) is 53.1. The molecule has 0 unspecified atom stereocenters. The van der Waals surface area contributed by atoms with Gasteiger partial charge in [-0.2, -0.15) is 11.8 Å². The van der Waals surface area contributed by atoms with E-state index in [0.29, 0.717) is 23.1 Å².